The van der Waals surface area contributed by atoms with E-state index < -0.39 is 0 Å². The van der Waals surface area contributed by atoms with Gasteiger partial charge in [0.1, 0.15) is 0 Å². The molecule has 1 rings (SSSR count). The predicted octanol–water partition coefficient (Wildman–Crippen LogP) is 3.00. The van der Waals surface area contributed by atoms with Crippen LogP contribution in [-0.2, 0) is 0 Å². The molecule has 0 aliphatic rings. The number of nitrogens with one attached hydrogen (secondary N) is 2. The predicted molar refractivity (Wildman–Crippen MR) is 90.1 cm³/mol. The van der Waals surface area contributed by atoms with Gasteiger partial charge in [-0.1, -0.05) is 20.8 Å². The molecule has 0 bridgehead atoms. The van der Waals surface area contributed by atoms with Gasteiger partial charge in [-0.3, -0.25) is 0 Å². The lowest BCUT2D eigenvalue weighted by molar-refractivity contribution is 0.358. The quantitative estimate of drug-likeness (QED) is 0.806. The maximum Gasteiger partial charge on any atom is 0.231 e. The minimum atomic E-state index is 0.139. The lowest BCUT2D eigenvalue weighted by atomic mass is 9.88. The van der Waals surface area contributed by atoms with Crippen molar-refractivity contribution >= 4 is 17.8 Å². The Hall–Kier alpha value is -1.59. The normalized spacial score (nSPS) is 12.9. The zero-order valence-electron chi connectivity index (χ0n) is 14.5. The summed E-state index contributed by atoms with van der Waals surface area (Å²) in [6, 6.07) is 0.263. The summed E-state index contributed by atoms with van der Waals surface area (Å²) < 4.78 is 0. The number of hydrogen-bond acceptors (Lipinski definition) is 6. The van der Waals surface area contributed by atoms with Crippen LogP contribution in [0.5, 0.6) is 0 Å². The van der Waals surface area contributed by atoms with Crippen LogP contribution in [-0.4, -0.2) is 40.6 Å². The standard InChI is InChI=1S/C15H30N6/c1-8-16-12-18-13(17-11(4)15(5,6)7)20-14(19-12)21(9-2)10-3/h11H,8-10H2,1-7H3,(H2,16,17,18,19,20). The Morgan fingerprint density at radius 2 is 1.57 bits per heavy atom. The highest BCUT2D eigenvalue weighted by molar-refractivity contribution is 5.44. The highest BCUT2D eigenvalue weighted by Crippen LogP contribution is 2.22. The molecule has 0 saturated carbocycles. The van der Waals surface area contributed by atoms with E-state index in [0.29, 0.717) is 11.9 Å². The van der Waals surface area contributed by atoms with Crippen molar-refractivity contribution in [2.45, 2.75) is 54.5 Å². The molecule has 1 atom stereocenters. The molecule has 1 heterocycles. The summed E-state index contributed by atoms with van der Waals surface area (Å²) in [6.45, 7) is 17.5. The highest BCUT2D eigenvalue weighted by atomic mass is 15.3. The van der Waals surface area contributed by atoms with Crippen LogP contribution in [0.15, 0.2) is 0 Å². The van der Waals surface area contributed by atoms with E-state index in [1.807, 2.05) is 6.92 Å². The Bertz CT molecular complexity index is 436. The third kappa shape index (κ3) is 5.02. The van der Waals surface area contributed by atoms with Crippen LogP contribution in [0.3, 0.4) is 0 Å². The van der Waals surface area contributed by atoms with Crippen LogP contribution in [0.25, 0.3) is 0 Å². The summed E-state index contributed by atoms with van der Waals surface area (Å²) >= 11 is 0. The molecule has 0 saturated heterocycles. The van der Waals surface area contributed by atoms with Gasteiger partial charge in [0.15, 0.2) is 0 Å². The molecule has 6 heteroatoms. The van der Waals surface area contributed by atoms with E-state index in [1.165, 1.54) is 0 Å². The zero-order valence-corrected chi connectivity index (χ0v) is 14.5. The molecule has 0 amide bonds. The fourth-order valence-corrected chi connectivity index (χ4v) is 1.72. The first-order valence-corrected chi connectivity index (χ1v) is 7.83. The SMILES string of the molecule is CCNc1nc(NC(C)C(C)(C)C)nc(N(CC)CC)n1. The molecule has 120 valence electrons. The van der Waals surface area contributed by atoms with Crippen LogP contribution in [0.2, 0.25) is 0 Å². The average molecular weight is 294 g/mol. The maximum atomic E-state index is 4.56. The monoisotopic (exact) mass is 294 g/mol. The first kappa shape index (κ1) is 17.5. The maximum absolute atomic E-state index is 4.56. The Kier molecular flexibility index (Phi) is 6.18. The van der Waals surface area contributed by atoms with Crippen molar-refractivity contribution < 1.29 is 0 Å². The smallest absolute Gasteiger partial charge is 0.231 e. The second kappa shape index (κ2) is 7.43. The van der Waals surface area contributed by atoms with Crippen LogP contribution < -0.4 is 15.5 Å². The topological polar surface area (TPSA) is 66.0 Å². The Morgan fingerprint density at radius 1 is 1.00 bits per heavy atom. The van der Waals surface area contributed by atoms with Crippen molar-refractivity contribution in [1.29, 1.82) is 0 Å². The molecule has 2 N–H and O–H groups in total. The van der Waals surface area contributed by atoms with Crippen LogP contribution >= 0.6 is 0 Å². The summed E-state index contributed by atoms with van der Waals surface area (Å²) in [6.07, 6.45) is 0. The fraction of sp³-hybridized carbons (Fsp3) is 0.800. The van der Waals surface area contributed by atoms with E-state index in [4.69, 9.17) is 0 Å². The van der Waals surface area contributed by atoms with Crippen molar-refractivity contribution in [3.63, 3.8) is 0 Å². The fourth-order valence-electron chi connectivity index (χ4n) is 1.72. The molecule has 1 aromatic rings. The number of nitrogens with zero attached hydrogens (tertiary/aromatic N) is 4. The molecule has 21 heavy (non-hydrogen) atoms. The lowest BCUT2D eigenvalue weighted by Gasteiger charge is -2.28. The summed E-state index contributed by atoms with van der Waals surface area (Å²) in [7, 11) is 0. The van der Waals surface area contributed by atoms with Gasteiger partial charge in [-0.15, -0.1) is 0 Å². The highest BCUT2D eigenvalue weighted by Gasteiger charge is 2.21. The Morgan fingerprint density at radius 3 is 2.05 bits per heavy atom. The van der Waals surface area contributed by atoms with Crippen molar-refractivity contribution in [3.8, 4) is 0 Å². The molecule has 0 aliphatic heterocycles. The molecule has 0 aliphatic carbocycles. The van der Waals surface area contributed by atoms with Gasteiger partial charge in [0.2, 0.25) is 17.8 Å². The molecule has 6 nitrogen and oxygen atoms in total. The first-order chi connectivity index (χ1) is 9.81. The van der Waals surface area contributed by atoms with Crippen LogP contribution in [0.1, 0.15) is 48.5 Å². The number of rotatable bonds is 7. The summed E-state index contributed by atoms with van der Waals surface area (Å²) in [5, 5.41) is 6.57. The molecule has 0 spiro atoms. The van der Waals surface area contributed by atoms with E-state index in [1.54, 1.807) is 0 Å². The molecular weight excluding hydrogens is 264 g/mol. The van der Waals surface area contributed by atoms with Gasteiger partial charge in [0.05, 0.1) is 0 Å². The Labute approximate surface area is 128 Å². The van der Waals surface area contributed by atoms with Crippen LogP contribution in [0, 0.1) is 5.41 Å². The molecule has 0 aromatic carbocycles. The van der Waals surface area contributed by atoms with Gasteiger partial charge in [0.25, 0.3) is 0 Å². The van der Waals surface area contributed by atoms with Gasteiger partial charge in [0, 0.05) is 25.7 Å². The van der Waals surface area contributed by atoms with E-state index in [9.17, 15) is 0 Å². The molecule has 1 aromatic heterocycles. The van der Waals surface area contributed by atoms with Gasteiger partial charge >= 0.3 is 0 Å². The van der Waals surface area contributed by atoms with Gasteiger partial charge in [-0.05, 0) is 33.1 Å². The van der Waals surface area contributed by atoms with E-state index >= 15 is 0 Å². The van der Waals surface area contributed by atoms with Gasteiger partial charge in [-0.2, -0.15) is 15.0 Å². The third-order valence-electron chi connectivity index (χ3n) is 3.65. The van der Waals surface area contributed by atoms with E-state index in [2.05, 4.69) is 72.0 Å². The molecule has 0 fully saturated rings. The Balaban J connectivity index is 3.07. The molecule has 1 unspecified atom stereocenters. The van der Waals surface area contributed by atoms with Crippen molar-refractivity contribution in [3.05, 3.63) is 0 Å². The third-order valence-corrected chi connectivity index (χ3v) is 3.65. The van der Waals surface area contributed by atoms with E-state index in [-0.39, 0.29) is 11.5 Å². The lowest BCUT2D eigenvalue weighted by Crippen LogP contribution is -2.32. The van der Waals surface area contributed by atoms with E-state index in [0.717, 1.165) is 25.6 Å². The summed E-state index contributed by atoms with van der Waals surface area (Å²) in [5.74, 6) is 1.97. The van der Waals surface area contributed by atoms with Crippen LogP contribution in [0.4, 0.5) is 17.8 Å². The second-order valence-electron chi connectivity index (χ2n) is 6.22. The van der Waals surface area contributed by atoms with Gasteiger partial charge in [-0.25, -0.2) is 0 Å². The van der Waals surface area contributed by atoms with Crippen molar-refractivity contribution in [2.75, 3.05) is 35.2 Å². The second-order valence-corrected chi connectivity index (χ2v) is 6.22. The molecule has 0 radical (unpaired) electrons. The summed E-state index contributed by atoms with van der Waals surface area (Å²) in [5.41, 5.74) is 0.139. The first-order valence-electron chi connectivity index (χ1n) is 7.83. The zero-order chi connectivity index (χ0) is 16.0. The van der Waals surface area contributed by atoms with Crippen molar-refractivity contribution in [2.24, 2.45) is 5.41 Å². The largest absolute Gasteiger partial charge is 0.354 e. The average Bonchev–Trinajstić information content (AvgIpc) is 2.39. The number of hydrogen-bond donors (Lipinski definition) is 2. The number of anilines is 3. The minimum absolute atomic E-state index is 0.139. The van der Waals surface area contributed by atoms with Crippen molar-refractivity contribution in [1.82, 2.24) is 15.0 Å². The summed E-state index contributed by atoms with van der Waals surface area (Å²) in [4.78, 5) is 15.6. The minimum Gasteiger partial charge on any atom is -0.354 e. The molecular formula is C15H30N6. The van der Waals surface area contributed by atoms with Gasteiger partial charge < -0.3 is 15.5 Å². The number of aromatic nitrogens is 3.